The minimum Gasteiger partial charge on any atom is -0.481 e. The summed E-state index contributed by atoms with van der Waals surface area (Å²) in [5, 5.41) is 42.5. The van der Waals surface area contributed by atoms with Crippen molar-refractivity contribution in [2.45, 2.75) is 0 Å². The van der Waals surface area contributed by atoms with Gasteiger partial charge >= 0.3 is 0 Å². The van der Waals surface area contributed by atoms with Crippen molar-refractivity contribution in [3.63, 3.8) is 0 Å². The minimum atomic E-state index is -0.563. The first-order valence-corrected chi connectivity index (χ1v) is 23.4. The van der Waals surface area contributed by atoms with Crippen molar-refractivity contribution in [3.05, 3.63) is 161 Å². The fraction of sp³-hybridized carbons (Fsp3) is 0.100. The van der Waals surface area contributed by atoms with E-state index in [0.717, 1.165) is 37.8 Å². The number of imidazole rings is 1. The lowest BCUT2D eigenvalue weighted by Gasteiger charge is -1.97. The number of ether oxygens (including phenoxy) is 2. The van der Waals surface area contributed by atoms with Crippen LogP contribution in [0.25, 0.3) is 37.0 Å². The fourth-order valence-corrected chi connectivity index (χ4v) is 7.63. The van der Waals surface area contributed by atoms with Crippen LogP contribution in [0, 0.1) is 40.5 Å². The maximum atomic E-state index is 11.1. The number of fused-ring (bicyclic) bond motifs is 4. The van der Waals surface area contributed by atoms with Crippen molar-refractivity contribution in [2.75, 3.05) is 30.6 Å². The number of ketones is 2. The van der Waals surface area contributed by atoms with E-state index >= 15 is 0 Å². The molecule has 0 aliphatic rings. The number of carbonyl (C=O) groups is 2. The molecule has 0 bridgehead atoms. The topological polar surface area (TPSA) is 359 Å². The zero-order chi connectivity index (χ0) is 51.8. The van der Waals surface area contributed by atoms with Gasteiger partial charge in [0.1, 0.15) is 37.4 Å². The summed E-state index contributed by atoms with van der Waals surface area (Å²) in [4.78, 5) is 96.2. The monoisotopic (exact) mass is 1150 g/mol. The second-order valence-electron chi connectivity index (χ2n) is 13.0. The summed E-state index contributed by atoms with van der Waals surface area (Å²) in [6.07, 6.45) is 6.99. The molecule has 0 aromatic carbocycles. The lowest BCUT2D eigenvalue weighted by Crippen LogP contribution is -2.03. The highest BCUT2D eigenvalue weighted by Crippen LogP contribution is 2.30. The zero-order valence-corrected chi connectivity index (χ0v) is 41.5. The number of anilines is 1. The van der Waals surface area contributed by atoms with Crippen LogP contribution in [0.4, 0.5) is 27.9 Å². The molecule has 0 unspecified atom stereocenters. The maximum absolute atomic E-state index is 11.1. The van der Waals surface area contributed by atoms with E-state index < -0.39 is 19.7 Å². The number of aromatic nitrogens is 9. The third-order valence-electron chi connectivity index (χ3n) is 8.46. The number of thiazole rings is 2. The Kier molecular flexibility index (Phi) is 19.3. The molecule has 0 saturated heterocycles. The molecule has 9 rings (SSSR count). The highest BCUT2D eigenvalue weighted by atomic mass is 79.9. The van der Waals surface area contributed by atoms with Gasteiger partial charge in [-0.15, -0.1) is 0 Å². The van der Waals surface area contributed by atoms with E-state index in [9.17, 15) is 50.0 Å². The van der Waals surface area contributed by atoms with Gasteiger partial charge in [-0.2, -0.15) is 0 Å². The van der Waals surface area contributed by atoms with Crippen molar-refractivity contribution in [3.8, 4) is 23.1 Å². The lowest BCUT2D eigenvalue weighted by atomic mass is 10.2. The molecule has 0 saturated carbocycles. The van der Waals surface area contributed by atoms with Gasteiger partial charge in [-0.05, 0) is 12.1 Å². The first-order valence-electron chi connectivity index (χ1n) is 19.1. The fourth-order valence-electron chi connectivity index (χ4n) is 5.22. The van der Waals surface area contributed by atoms with Crippen molar-refractivity contribution < 1.29 is 38.8 Å². The molecule has 9 aromatic rings. The highest BCUT2D eigenvalue weighted by Gasteiger charge is 2.16. The molecule has 0 fully saturated rings. The number of pyridine rings is 6. The van der Waals surface area contributed by atoms with E-state index in [-0.39, 0.29) is 61.5 Å². The second-order valence-corrected chi connectivity index (χ2v) is 16.4. The Hall–Kier alpha value is -8.19. The largest absolute Gasteiger partial charge is 0.481 e. The summed E-state index contributed by atoms with van der Waals surface area (Å²) in [7, 11) is 3.15. The van der Waals surface area contributed by atoms with Crippen LogP contribution in [0.15, 0.2) is 104 Å². The summed E-state index contributed by atoms with van der Waals surface area (Å²) in [5.41, 5.74) is 8.17. The molecule has 0 amide bonds. The number of nitrogens with two attached hydrogens (primary N) is 1. The van der Waals surface area contributed by atoms with E-state index in [1.165, 1.54) is 83.9 Å². The van der Waals surface area contributed by atoms with E-state index in [2.05, 4.69) is 71.7 Å². The molecule has 0 radical (unpaired) electrons. The van der Waals surface area contributed by atoms with Crippen LogP contribution in [0.3, 0.4) is 0 Å². The molecule has 71 heavy (non-hydrogen) atoms. The van der Waals surface area contributed by atoms with Crippen LogP contribution in [-0.4, -0.2) is 100 Å². The first kappa shape index (κ1) is 53.8. The highest BCUT2D eigenvalue weighted by molar-refractivity contribution is 9.09. The number of rotatable bonds is 11. The summed E-state index contributed by atoms with van der Waals surface area (Å²) < 4.78 is 12.0. The molecular formula is C40H29Br2ClN14O12S2. The molecule has 26 nitrogen and oxygen atoms in total. The number of hydrogen-bond acceptors (Lipinski definition) is 23. The van der Waals surface area contributed by atoms with Gasteiger partial charge in [0.2, 0.25) is 11.8 Å². The van der Waals surface area contributed by atoms with Gasteiger partial charge in [0.25, 0.3) is 22.7 Å². The third kappa shape index (κ3) is 14.9. The second kappa shape index (κ2) is 25.4. The van der Waals surface area contributed by atoms with E-state index in [1.54, 1.807) is 32.5 Å². The van der Waals surface area contributed by atoms with Crippen LogP contribution in [0.1, 0.15) is 21.0 Å². The van der Waals surface area contributed by atoms with Gasteiger partial charge in [-0.3, -0.25) is 69.4 Å². The van der Waals surface area contributed by atoms with Crippen molar-refractivity contribution in [1.29, 1.82) is 0 Å². The predicted molar refractivity (Wildman–Crippen MR) is 267 cm³/mol. The lowest BCUT2D eigenvalue weighted by molar-refractivity contribution is -0.385. The van der Waals surface area contributed by atoms with Crippen molar-refractivity contribution >= 4 is 131 Å². The Balaban J connectivity index is 0.000000172. The third-order valence-corrected chi connectivity index (χ3v) is 11.4. The summed E-state index contributed by atoms with van der Waals surface area (Å²) in [5.74, 6) is 0.584. The number of carbonyl (C=O) groups excluding carboxylic acids is 2. The van der Waals surface area contributed by atoms with Crippen LogP contribution in [0.2, 0.25) is 5.15 Å². The Morgan fingerprint density at radius 3 is 1.59 bits per heavy atom. The SMILES string of the molecule is COc1ccc2c(n1)sc1nc(-c3cc([N+](=O)[O-])ccn3)cn12.COc1ccc2nc(N)sc2n1.O=C(CBr)c1cc([N+](=O)[O-])ccn1.O=C(CBr)c1cc([N+](=O)[O-])ccn1.O=[N+]([O-])c1ccnc(Cl)c1. The van der Waals surface area contributed by atoms with Crippen LogP contribution >= 0.6 is 66.1 Å². The smallest absolute Gasteiger partial charge is 0.274 e. The molecule has 364 valence electrons. The minimum absolute atomic E-state index is 0.0115. The number of methoxy groups -OCH3 is 2. The van der Waals surface area contributed by atoms with Gasteiger partial charge in [0, 0.05) is 85.6 Å². The van der Waals surface area contributed by atoms with Gasteiger partial charge in [-0.1, -0.05) is 66.1 Å². The van der Waals surface area contributed by atoms with E-state index in [1.807, 2.05) is 16.5 Å². The van der Waals surface area contributed by atoms with E-state index in [0.29, 0.717) is 28.3 Å². The molecule has 31 heteroatoms. The normalized spacial score (nSPS) is 10.2. The predicted octanol–water partition coefficient (Wildman–Crippen LogP) is 8.98. The maximum Gasteiger partial charge on any atom is 0.274 e. The molecule has 0 aliphatic carbocycles. The summed E-state index contributed by atoms with van der Waals surface area (Å²) in [6.45, 7) is 0. The molecule has 9 heterocycles. The van der Waals surface area contributed by atoms with Crippen LogP contribution in [-0.2, 0) is 0 Å². The number of hydrogen-bond donors (Lipinski definition) is 1. The zero-order valence-electron chi connectivity index (χ0n) is 36.0. The number of nitrogens with zero attached hydrogens (tertiary/aromatic N) is 13. The number of alkyl halides is 2. The van der Waals surface area contributed by atoms with Gasteiger partial charge in [0.05, 0.1) is 61.9 Å². The Labute approximate surface area is 426 Å². The van der Waals surface area contributed by atoms with Crippen molar-refractivity contribution in [2.24, 2.45) is 0 Å². The average molecular weight is 1160 g/mol. The Morgan fingerprint density at radius 1 is 0.620 bits per heavy atom. The summed E-state index contributed by atoms with van der Waals surface area (Å²) >= 11 is 14.1. The van der Waals surface area contributed by atoms with Crippen LogP contribution < -0.4 is 15.2 Å². The molecule has 0 spiro atoms. The van der Waals surface area contributed by atoms with Crippen LogP contribution in [0.5, 0.6) is 11.8 Å². The average Bonchev–Trinajstić information content (AvgIpc) is 4.08. The Bertz CT molecular complexity index is 3350. The number of nitro groups is 4. The van der Waals surface area contributed by atoms with Gasteiger partial charge in [0.15, 0.2) is 21.7 Å². The van der Waals surface area contributed by atoms with E-state index in [4.69, 9.17) is 26.8 Å². The molecular weight excluding hydrogens is 1130 g/mol. The number of halogens is 3. The number of Topliss-reactive ketones (excluding diaryl/α,β-unsaturated/α-hetero) is 2. The standard InChI is InChI=1S/C14H9N5O3S.2C7H5BrN2O3.C7H7N3OS.C5H3ClN2O2/c1-22-12-3-2-11-13(17-12)23-14-16-10(7-18(11)14)9-6-8(19(20)21)4-5-15-9;2*8-4-7(11)6-3-5(10(12)13)1-2-9-6;1-11-5-3-2-4-6(10-5)12-7(8)9-4;6-5-3-4(8(9)10)1-2-7-5/h2-7H,1H3;2*1-3H,4H2;2-3H,1H3,(H2,8,9);1-3H. The first-order chi connectivity index (χ1) is 33.9. The van der Waals surface area contributed by atoms with Gasteiger partial charge in [-0.25, -0.2) is 24.9 Å². The molecule has 2 N–H and O–H groups in total. The summed E-state index contributed by atoms with van der Waals surface area (Å²) in [6, 6.07) is 17.3. The number of nitrogen functional groups attached to an aromatic ring is 1. The molecule has 9 aromatic heterocycles. The van der Waals surface area contributed by atoms with Crippen molar-refractivity contribution in [1.82, 2.24) is 44.3 Å². The molecule has 0 atom stereocenters. The quantitative estimate of drug-likeness (QED) is 0.0415. The Morgan fingerprint density at radius 2 is 1.10 bits per heavy atom. The van der Waals surface area contributed by atoms with Gasteiger partial charge < -0.3 is 15.2 Å². The molecule has 0 aliphatic heterocycles.